The van der Waals surface area contributed by atoms with Gasteiger partial charge in [0.05, 0.1) is 27.8 Å². The summed E-state index contributed by atoms with van der Waals surface area (Å²) in [7, 11) is -4.15. The molecule has 0 atom stereocenters. The maximum Gasteiger partial charge on any atom is 0.272 e. The third kappa shape index (κ3) is 5.07. The summed E-state index contributed by atoms with van der Waals surface area (Å²) < 4.78 is 29.0. The zero-order valence-corrected chi connectivity index (χ0v) is 21.5. The summed E-state index contributed by atoms with van der Waals surface area (Å²) in [5.74, 6) is 2.44. The zero-order valence-electron chi connectivity index (χ0n) is 17.5. The van der Waals surface area contributed by atoms with Gasteiger partial charge < -0.3 is 4.90 Å². The molecular formula is C22H20Br2N4O4S. The van der Waals surface area contributed by atoms with Gasteiger partial charge in [-0.1, -0.05) is 49.9 Å². The highest BCUT2D eigenvalue weighted by molar-refractivity contribution is 9.09. The highest BCUT2D eigenvalue weighted by atomic mass is 79.9. The van der Waals surface area contributed by atoms with Crippen LogP contribution in [0.3, 0.4) is 0 Å². The van der Waals surface area contributed by atoms with Crippen molar-refractivity contribution in [2.45, 2.75) is 17.9 Å². The van der Waals surface area contributed by atoms with E-state index in [0.29, 0.717) is 35.7 Å². The Labute approximate surface area is 209 Å². The molecule has 0 aliphatic carbocycles. The summed E-state index contributed by atoms with van der Waals surface area (Å²) in [5, 5.41) is 22.0. The van der Waals surface area contributed by atoms with Gasteiger partial charge in [0, 0.05) is 49.0 Å². The molecule has 0 amide bonds. The Kier molecular flexibility index (Phi) is 8.14. The summed E-state index contributed by atoms with van der Waals surface area (Å²) in [5.41, 5.74) is 2.14. The van der Waals surface area contributed by atoms with Crippen molar-refractivity contribution in [3.05, 3.63) is 62.7 Å². The van der Waals surface area contributed by atoms with Crippen molar-refractivity contribution in [2.75, 3.05) is 35.2 Å². The first-order chi connectivity index (χ1) is 15.8. The second-order valence-corrected chi connectivity index (χ2v) is 10.7. The Morgan fingerprint density at radius 1 is 1.21 bits per heavy atom. The number of hydrogen-bond donors (Lipinski definition) is 0. The molecule has 0 bridgehead atoms. The number of alkyl halides is 2. The second-order valence-electron chi connectivity index (χ2n) is 7.25. The fourth-order valence-corrected chi connectivity index (χ4v) is 6.43. The van der Waals surface area contributed by atoms with Crippen molar-refractivity contribution in [3.63, 3.8) is 0 Å². The van der Waals surface area contributed by atoms with E-state index >= 15 is 0 Å². The third-order valence-electron chi connectivity index (χ3n) is 5.42. The Balaban J connectivity index is 2.19. The molecule has 0 N–H and O–H groups in total. The number of rotatable bonds is 8. The SMILES string of the molecule is C#Cc1cc([N+](=O)[O-])cc(S(=O)(=O)N2CCc3c(C#N)cccc3C2)c1N(CCBr)CCBr. The minimum Gasteiger partial charge on any atom is -0.368 e. The monoisotopic (exact) mass is 594 g/mol. The first-order valence-electron chi connectivity index (χ1n) is 9.95. The predicted molar refractivity (Wildman–Crippen MR) is 133 cm³/mol. The van der Waals surface area contributed by atoms with Crippen LogP contribution >= 0.6 is 31.9 Å². The van der Waals surface area contributed by atoms with Gasteiger partial charge in [-0.2, -0.15) is 9.57 Å². The van der Waals surface area contributed by atoms with Gasteiger partial charge in [-0.3, -0.25) is 10.1 Å². The number of non-ortho nitro benzene ring substituents is 1. The van der Waals surface area contributed by atoms with Gasteiger partial charge in [-0.25, -0.2) is 8.42 Å². The molecule has 2 aromatic carbocycles. The number of anilines is 1. The molecule has 1 heterocycles. The Morgan fingerprint density at radius 3 is 2.48 bits per heavy atom. The average molecular weight is 596 g/mol. The number of halogens is 2. The van der Waals surface area contributed by atoms with Gasteiger partial charge in [-0.15, -0.1) is 6.42 Å². The van der Waals surface area contributed by atoms with E-state index in [0.717, 1.165) is 17.2 Å². The maximum atomic E-state index is 13.8. The van der Waals surface area contributed by atoms with Crippen molar-refractivity contribution >= 4 is 53.3 Å². The first-order valence-corrected chi connectivity index (χ1v) is 13.6. The topological polar surface area (TPSA) is 108 Å². The van der Waals surface area contributed by atoms with Crippen LogP contribution in [0.15, 0.2) is 35.2 Å². The molecular weight excluding hydrogens is 576 g/mol. The third-order valence-corrected chi connectivity index (χ3v) is 7.99. The molecule has 1 aliphatic rings. The second kappa shape index (κ2) is 10.7. The molecule has 0 saturated carbocycles. The molecule has 0 saturated heterocycles. The molecule has 2 aromatic rings. The van der Waals surface area contributed by atoms with E-state index in [1.165, 1.54) is 10.4 Å². The molecule has 0 unspecified atom stereocenters. The van der Waals surface area contributed by atoms with Gasteiger partial charge in [-0.05, 0) is 23.6 Å². The van der Waals surface area contributed by atoms with E-state index in [1.807, 2.05) is 0 Å². The standard InChI is InChI=1S/C22H20Br2N4O4S/c1-2-16-12-19(28(29)30)13-21(22(16)26(10-7-23)11-8-24)33(31,32)27-9-6-20-17(14-25)4-3-5-18(20)15-27/h1,3-5,12-13H,6-11,15H2. The molecule has 33 heavy (non-hydrogen) atoms. The van der Waals surface area contributed by atoms with E-state index in [9.17, 15) is 23.8 Å². The van der Waals surface area contributed by atoms with Crippen molar-refractivity contribution in [1.82, 2.24) is 4.31 Å². The molecule has 11 heteroatoms. The Morgan fingerprint density at radius 2 is 1.91 bits per heavy atom. The number of nitro groups is 1. The van der Waals surface area contributed by atoms with Crippen molar-refractivity contribution in [3.8, 4) is 18.4 Å². The zero-order chi connectivity index (χ0) is 24.2. The summed E-state index contributed by atoms with van der Waals surface area (Å²) in [6.45, 7) is 1.12. The van der Waals surface area contributed by atoms with Crippen molar-refractivity contribution < 1.29 is 13.3 Å². The van der Waals surface area contributed by atoms with E-state index in [2.05, 4.69) is 43.8 Å². The van der Waals surface area contributed by atoms with Crippen LogP contribution < -0.4 is 4.90 Å². The fourth-order valence-electron chi connectivity index (χ4n) is 3.90. The molecule has 172 valence electrons. The van der Waals surface area contributed by atoms with Crippen LogP contribution in [0, 0.1) is 33.8 Å². The lowest BCUT2D eigenvalue weighted by Crippen LogP contribution is -2.38. The van der Waals surface area contributed by atoms with E-state index in [4.69, 9.17) is 6.42 Å². The minimum absolute atomic E-state index is 0.0671. The number of sulfonamides is 1. The Hall–Kier alpha value is -2.44. The summed E-state index contributed by atoms with van der Waals surface area (Å²) >= 11 is 6.76. The van der Waals surface area contributed by atoms with Crippen LogP contribution in [0.2, 0.25) is 0 Å². The average Bonchev–Trinajstić information content (AvgIpc) is 2.82. The smallest absolute Gasteiger partial charge is 0.272 e. The highest BCUT2D eigenvalue weighted by Gasteiger charge is 2.35. The summed E-state index contributed by atoms with van der Waals surface area (Å²) in [4.78, 5) is 12.5. The largest absolute Gasteiger partial charge is 0.368 e. The van der Waals surface area contributed by atoms with Crippen molar-refractivity contribution in [2.24, 2.45) is 0 Å². The number of nitrogens with zero attached hydrogens (tertiary/aromatic N) is 4. The molecule has 8 nitrogen and oxygen atoms in total. The number of nitriles is 1. The normalized spacial score (nSPS) is 13.6. The molecule has 1 aliphatic heterocycles. The van der Waals surface area contributed by atoms with Gasteiger partial charge in [0.2, 0.25) is 10.0 Å². The van der Waals surface area contributed by atoms with Gasteiger partial charge >= 0.3 is 0 Å². The molecule has 3 rings (SSSR count). The number of benzene rings is 2. The lowest BCUT2D eigenvalue weighted by atomic mass is 9.96. The lowest BCUT2D eigenvalue weighted by Gasteiger charge is -2.32. The lowest BCUT2D eigenvalue weighted by molar-refractivity contribution is -0.385. The predicted octanol–water partition coefficient (Wildman–Crippen LogP) is 3.79. The van der Waals surface area contributed by atoms with Crippen LogP contribution in [-0.2, 0) is 23.0 Å². The van der Waals surface area contributed by atoms with Crippen LogP contribution in [-0.4, -0.2) is 47.9 Å². The quantitative estimate of drug-likeness (QED) is 0.199. The summed E-state index contributed by atoms with van der Waals surface area (Å²) in [6, 6.07) is 9.68. The van der Waals surface area contributed by atoms with Crippen molar-refractivity contribution in [1.29, 1.82) is 5.26 Å². The molecule has 0 fully saturated rings. The molecule has 0 aromatic heterocycles. The number of hydrogen-bond acceptors (Lipinski definition) is 6. The fraction of sp³-hybridized carbons (Fsp3) is 0.318. The van der Waals surface area contributed by atoms with Crippen LogP contribution in [0.5, 0.6) is 0 Å². The van der Waals surface area contributed by atoms with Crippen LogP contribution in [0.4, 0.5) is 11.4 Å². The van der Waals surface area contributed by atoms with Gasteiger partial charge in [0.15, 0.2) is 0 Å². The van der Waals surface area contributed by atoms with Crippen LogP contribution in [0.1, 0.15) is 22.3 Å². The number of terminal acetylenes is 1. The number of nitro benzene ring substituents is 1. The first kappa shape index (κ1) is 25.2. The van der Waals surface area contributed by atoms with Crippen LogP contribution in [0.25, 0.3) is 0 Å². The molecule has 0 radical (unpaired) electrons. The van der Waals surface area contributed by atoms with Gasteiger partial charge in [0.25, 0.3) is 5.69 Å². The summed E-state index contributed by atoms with van der Waals surface area (Å²) in [6.07, 6.45) is 6.05. The van der Waals surface area contributed by atoms with E-state index < -0.39 is 14.9 Å². The minimum atomic E-state index is -4.15. The molecule has 0 spiro atoms. The van der Waals surface area contributed by atoms with E-state index in [-0.39, 0.29) is 34.9 Å². The van der Waals surface area contributed by atoms with Gasteiger partial charge in [0.1, 0.15) is 4.90 Å². The highest BCUT2D eigenvalue weighted by Crippen LogP contribution is 2.37. The number of fused-ring (bicyclic) bond motifs is 1. The van der Waals surface area contributed by atoms with E-state index in [1.54, 1.807) is 23.1 Å². The Bertz CT molecular complexity index is 1260. The maximum absolute atomic E-state index is 13.8.